The molecule has 1 saturated heterocycles. The molecule has 0 aliphatic carbocycles. The van der Waals surface area contributed by atoms with Gasteiger partial charge in [0, 0.05) is 0 Å². The van der Waals surface area contributed by atoms with Crippen molar-refractivity contribution in [3.8, 4) is 0 Å². The molecule has 0 atom stereocenters. The minimum absolute atomic E-state index is 0.0139. The van der Waals surface area contributed by atoms with Crippen LogP contribution in [0.3, 0.4) is 0 Å². The van der Waals surface area contributed by atoms with Crippen molar-refractivity contribution in [3.63, 3.8) is 0 Å². The fourth-order valence-electron chi connectivity index (χ4n) is 0.574. The van der Waals surface area contributed by atoms with Gasteiger partial charge in [-0.15, -0.1) is 0 Å². The summed E-state index contributed by atoms with van der Waals surface area (Å²) in [7, 11) is 9.90. The maximum atomic E-state index is 5.02. The van der Waals surface area contributed by atoms with E-state index in [0.717, 1.165) is 19.6 Å². The number of ether oxygens (including phenoxy) is 2. The van der Waals surface area contributed by atoms with Crippen LogP contribution in [0.4, 0.5) is 0 Å². The fourth-order valence-corrected chi connectivity index (χ4v) is 0.574. The number of hydrogen-bond donors (Lipinski definition) is 0. The number of rotatable bonds is 1. The van der Waals surface area contributed by atoms with Crippen LogP contribution in [0, 0.1) is 6.92 Å². The van der Waals surface area contributed by atoms with Gasteiger partial charge >= 0.3 is 34.5 Å². The SMILES string of the molecule is [CH2]CC1OCCO1.[Cl][Zn][Cl]. The zero-order valence-corrected chi connectivity index (χ0v) is 10.2. The van der Waals surface area contributed by atoms with Crippen molar-refractivity contribution in [3.05, 3.63) is 6.92 Å². The average Bonchev–Trinajstić information content (AvgIpc) is 2.39. The Morgan fingerprint density at radius 3 is 2.00 bits per heavy atom. The zero-order valence-electron chi connectivity index (χ0n) is 5.69. The van der Waals surface area contributed by atoms with Crippen LogP contribution >= 0.6 is 19.4 Å². The third kappa shape index (κ3) is 5.87. The van der Waals surface area contributed by atoms with E-state index < -0.39 is 15.1 Å². The molecular weight excluding hydrogens is 228 g/mol. The van der Waals surface area contributed by atoms with Crippen LogP contribution in [0.5, 0.6) is 0 Å². The second kappa shape index (κ2) is 8.22. The van der Waals surface area contributed by atoms with Crippen LogP contribution in [-0.2, 0) is 24.6 Å². The fraction of sp³-hybridized carbons (Fsp3) is 0.800. The third-order valence-corrected chi connectivity index (χ3v) is 0.927. The summed E-state index contributed by atoms with van der Waals surface area (Å²) < 4.78 is 10.0. The van der Waals surface area contributed by atoms with Crippen LogP contribution in [0.25, 0.3) is 0 Å². The summed E-state index contributed by atoms with van der Waals surface area (Å²) in [6.07, 6.45) is 0.708. The van der Waals surface area contributed by atoms with E-state index in [1.54, 1.807) is 0 Å². The molecular formula is C5H9Cl2O2Zn. The Kier molecular flexibility index (Phi) is 9.15. The molecule has 1 radical (unpaired) electrons. The van der Waals surface area contributed by atoms with E-state index >= 15 is 0 Å². The monoisotopic (exact) mass is 235 g/mol. The molecule has 10 heavy (non-hydrogen) atoms. The van der Waals surface area contributed by atoms with Gasteiger partial charge in [-0.05, 0) is 13.3 Å². The van der Waals surface area contributed by atoms with E-state index in [-0.39, 0.29) is 6.29 Å². The van der Waals surface area contributed by atoms with E-state index in [4.69, 9.17) is 28.9 Å². The van der Waals surface area contributed by atoms with Crippen LogP contribution in [0.2, 0.25) is 0 Å². The van der Waals surface area contributed by atoms with Gasteiger partial charge in [-0.1, -0.05) is 0 Å². The molecule has 0 unspecified atom stereocenters. The molecule has 0 spiro atoms. The normalized spacial score (nSPS) is 17.5. The predicted octanol–water partition coefficient (Wildman–Crippen LogP) is 1.96. The van der Waals surface area contributed by atoms with Crippen LogP contribution in [0.1, 0.15) is 6.42 Å². The summed E-state index contributed by atoms with van der Waals surface area (Å²) in [5.74, 6) is 0. The molecule has 57 valence electrons. The van der Waals surface area contributed by atoms with Gasteiger partial charge in [-0.25, -0.2) is 0 Å². The first-order valence-corrected chi connectivity index (χ1v) is 10.8. The second-order valence-corrected chi connectivity index (χ2v) is 6.18. The van der Waals surface area contributed by atoms with E-state index in [9.17, 15) is 0 Å². The molecule has 2 nitrogen and oxygen atoms in total. The van der Waals surface area contributed by atoms with Crippen molar-refractivity contribution < 1.29 is 24.6 Å². The maximum absolute atomic E-state index is 5.02. The quantitative estimate of drug-likeness (QED) is 0.649. The van der Waals surface area contributed by atoms with Gasteiger partial charge < -0.3 is 9.47 Å². The summed E-state index contributed by atoms with van der Waals surface area (Å²) >= 11 is -0.931. The van der Waals surface area contributed by atoms with Crippen molar-refractivity contribution in [1.82, 2.24) is 0 Å². The Balaban J connectivity index is 0.000000236. The topological polar surface area (TPSA) is 18.5 Å². The van der Waals surface area contributed by atoms with Gasteiger partial charge in [0.1, 0.15) is 0 Å². The molecule has 0 bridgehead atoms. The molecule has 1 rings (SSSR count). The van der Waals surface area contributed by atoms with Gasteiger partial charge in [0.25, 0.3) is 0 Å². The molecule has 1 fully saturated rings. The molecule has 0 aromatic carbocycles. The molecule has 0 saturated carbocycles. The van der Waals surface area contributed by atoms with Gasteiger partial charge in [0.2, 0.25) is 0 Å². The van der Waals surface area contributed by atoms with E-state index in [1.165, 1.54) is 0 Å². The molecule has 0 aromatic rings. The van der Waals surface area contributed by atoms with Gasteiger partial charge in [-0.3, -0.25) is 0 Å². The first kappa shape index (κ1) is 11.1. The standard InChI is InChI=1S/C5H9O2.2ClH.Zn/c1-2-5-6-3-4-7-5;;;/h5H,1-4H2;2*1H;/q;;;+2/p-2. The Morgan fingerprint density at radius 1 is 1.40 bits per heavy atom. The molecule has 1 heterocycles. The first-order valence-electron chi connectivity index (χ1n) is 2.99. The van der Waals surface area contributed by atoms with Crippen LogP contribution in [-0.4, -0.2) is 19.5 Å². The van der Waals surface area contributed by atoms with Crippen molar-refractivity contribution in [2.24, 2.45) is 0 Å². The van der Waals surface area contributed by atoms with E-state index in [1.807, 2.05) is 0 Å². The second-order valence-electron chi connectivity index (χ2n) is 1.56. The molecule has 0 N–H and O–H groups in total. The minimum atomic E-state index is -0.931. The number of hydrogen-bond acceptors (Lipinski definition) is 2. The molecule has 0 amide bonds. The Labute approximate surface area is 76.8 Å². The Hall–Kier alpha value is 1.12. The predicted molar refractivity (Wildman–Crippen MR) is 37.4 cm³/mol. The average molecular weight is 237 g/mol. The van der Waals surface area contributed by atoms with Crippen LogP contribution in [0.15, 0.2) is 0 Å². The summed E-state index contributed by atoms with van der Waals surface area (Å²) in [5, 5.41) is 0. The van der Waals surface area contributed by atoms with Gasteiger partial charge in [0.05, 0.1) is 13.2 Å². The van der Waals surface area contributed by atoms with E-state index in [2.05, 4.69) is 6.92 Å². The molecule has 1 aliphatic heterocycles. The summed E-state index contributed by atoms with van der Waals surface area (Å²) in [4.78, 5) is 0. The first-order chi connectivity index (χ1) is 4.85. The zero-order chi connectivity index (χ0) is 7.82. The van der Waals surface area contributed by atoms with Crippen molar-refractivity contribution in [2.75, 3.05) is 13.2 Å². The summed E-state index contributed by atoms with van der Waals surface area (Å²) in [5.41, 5.74) is 0. The Morgan fingerprint density at radius 2 is 1.80 bits per heavy atom. The molecule has 5 heteroatoms. The van der Waals surface area contributed by atoms with Crippen molar-refractivity contribution in [1.29, 1.82) is 0 Å². The van der Waals surface area contributed by atoms with Gasteiger partial charge in [0.15, 0.2) is 6.29 Å². The van der Waals surface area contributed by atoms with E-state index in [0.29, 0.717) is 0 Å². The van der Waals surface area contributed by atoms with Crippen molar-refractivity contribution >= 4 is 19.4 Å². The summed E-state index contributed by atoms with van der Waals surface area (Å²) in [6, 6.07) is 0. The third-order valence-electron chi connectivity index (χ3n) is 0.927. The Bertz CT molecular complexity index is 68.7. The summed E-state index contributed by atoms with van der Waals surface area (Å²) in [6.45, 7) is 5.09. The molecule has 0 aromatic heterocycles. The molecule has 1 aliphatic rings. The number of halogens is 2. The van der Waals surface area contributed by atoms with Crippen LogP contribution < -0.4 is 0 Å². The van der Waals surface area contributed by atoms with Gasteiger partial charge in [-0.2, -0.15) is 0 Å². The van der Waals surface area contributed by atoms with Crippen molar-refractivity contribution in [2.45, 2.75) is 12.7 Å².